The number of rotatable bonds is 11. The number of tetrazole rings is 1. The van der Waals surface area contributed by atoms with Gasteiger partial charge in [0.1, 0.15) is 0 Å². The van der Waals surface area contributed by atoms with Gasteiger partial charge in [-0.3, -0.25) is 0 Å². The summed E-state index contributed by atoms with van der Waals surface area (Å²) < 4.78 is 10.4. The molecule has 1 atom stereocenters. The average Bonchev–Trinajstić information content (AvgIpc) is 2.81. The predicted molar refractivity (Wildman–Crippen MR) is 71.9 cm³/mol. The number of ether oxygens (including phenoxy) is 2. The van der Waals surface area contributed by atoms with Crippen molar-refractivity contribution in [3.05, 3.63) is 5.82 Å². The molecule has 1 heterocycles. The Labute approximate surface area is 114 Å². The van der Waals surface area contributed by atoms with Crippen molar-refractivity contribution in [2.45, 2.75) is 32.2 Å². The van der Waals surface area contributed by atoms with Crippen LogP contribution in [0.2, 0.25) is 0 Å². The van der Waals surface area contributed by atoms with Crippen LogP contribution in [0.1, 0.15) is 25.6 Å². The molecule has 0 fully saturated rings. The summed E-state index contributed by atoms with van der Waals surface area (Å²) >= 11 is 0. The van der Waals surface area contributed by atoms with Crippen LogP contribution < -0.4 is 5.32 Å². The molecular weight excluding hydrogens is 246 g/mol. The number of aromatic nitrogens is 4. The first-order valence-electron chi connectivity index (χ1n) is 6.79. The van der Waals surface area contributed by atoms with Crippen LogP contribution in [0.4, 0.5) is 0 Å². The van der Waals surface area contributed by atoms with E-state index in [0.717, 1.165) is 31.6 Å². The van der Waals surface area contributed by atoms with Crippen LogP contribution >= 0.6 is 0 Å². The lowest BCUT2D eigenvalue weighted by Gasteiger charge is -2.16. The van der Waals surface area contributed by atoms with Gasteiger partial charge < -0.3 is 14.8 Å². The van der Waals surface area contributed by atoms with Crippen LogP contribution in [0.25, 0.3) is 0 Å². The summed E-state index contributed by atoms with van der Waals surface area (Å²) in [6.45, 7) is 5.13. The zero-order valence-corrected chi connectivity index (χ0v) is 12.1. The van der Waals surface area contributed by atoms with Crippen molar-refractivity contribution in [3.63, 3.8) is 0 Å². The molecule has 0 aliphatic heterocycles. The number of aryl methyl sites for hydroxylation is 1. The van der Waals surface area contributed by atoms with Crippen molar-refractivity contribution in [2.75, 3.05) is 33.5 Å². The zero-order chi connectivity index (χ0) is 13.9. The molecule has 0 radical (unpaired) electrons. The molecule has 0 amide bonds. The smallest absolute Gasteiger partial charge is 0.176 e. The molecule has 110 valence electrons. The number of hydrogen-bond acceptors (Lipinski definition) is 6. The number of hydrogen-bond donors (Lipinski definition) is 1. The highest BCUT2D eigenvalue weighted by atomic mass is 16.5. The van der Waals surface area contributed by atoms with Crippen LogP contribution in [0.3, 0.4) is 0 Å². The summed E-state index contributed by atoms with van der Waals surface area (Å²) in [5, 5.41) is 15.6. The van der Waals surface area contributed by atoms with E-state index in [1.54, 1.807) is 14.2 Å². The third kappa shape index (κ3) is 7.19. The minimum absolute atomic E-state index is 0.326. The predicted octanol–water partition coefficient (Wildman–Crippen LogP) is 0.174. The second-order valence-electron chi connectivity index (χ2n) is 4.44. The van der Waals surface area contributed by atoms with E-state index in [0.29, 0.717) is 25.9 Å². The first-order valence-corrected chi connectivity index (χ1v) is 6.79. The summed E-state index contributed by atoms with van der Waals surface area (Å²) in [5.41, 5.74) is 0. The fraction of sp³-hybridized carbons (Fsp3) is 0.917. The van der Waals surface area contributed by atoms with Crippen molar-refractivity contribution in [2.24, 2.45) is 7.05 Å². The van der Waals surface area contributed by atoms with E-state index >= 15 is 0 Å². The fourth-order valence-corrected chi connectivity index (χ4v) is 1.72. The molecule has 1 aromatic rings. The molecule has 1 aromatic heterocycles. The third-order valence-corrected chi connectivity index (χ3v) is 2.70. The highest BCUT2D eigenvalue weighted by Crippen LogP contribution is 2.01. The Morgan fingerprint density at radius 1 is 1.32 bits per heavy atom. The number of nitrogens with zero attached hydrogens (tertiary/aromatic N) is 4. The van der Waals surface area contributed by atoms with Gasteiger partial charge in [-0.15, -0.1) is 10.2 Å². The lowest BCUT2D eigenvalue weighted by molar-refractivity contribution is 0.0657. The summed E-state index contributed by atoms with van der Waals surface area (Å²) in [5.74, 6) is 0.771. The molecule has 1 N–H and O–H groups in total. The second-order valence-corrected chi connectivity index (χ2v) is 4.44. The second kappa shape index (κ2) is 9.82. The molecule has 0 saturated heterocycles. The molecule has 1 unspecified atom stereocenters. The molecule has 0 spiro atoms. The maximum absolute atomic E-state index is 5.50. The normalized spacial score (nSPS) is 12.8. The molecule has 19 heavy (non-hydrogen) atoms. The van der Waals surface area contributed by atoms with Crippen molar-refractivity contribution < 1.29 is 9.47 Å². The zero-order valence-electron chi connectivity index (χ0n) is 12.1. The van der Waals surface area contributed by atoms with Gasteiger partial charge in [-0.2, -0.15) is 4.80 Å². The Hall–Kier alpha value is -1.05. The van der Waals surface area contributed by atoms with Gasteiger partial charge in [0.25, 0.3) is 0 Å². The molecule has 0 saturated carbocycles. The molecule has 1 rings (SSSR count). The molecule has 0 aromatic carbocycles. The highest BCUT2D eigenvalue weighted by molar-refractivity contribution is 4.84. The minimum Gasteiger partial charge on any atom is -0.382 e. The van der Waals surface area contributed by atoms with Crippen LogP contribution in [0.15, 0.2) is 0 Å². The minimum atomic E-state index is 0.326. The lowest BCUT2D eigenvalue weighted by atomic mass is 10.1. The Morgan fingerprint density at radius 2 is 2.16 bits per heavy atom. The summed E-state index contributed by atoms with van der Waals surface area (Å²) in [7, 11) is 3.45. The van der Waals surface area contributed by atoms with Crippen molar-refractivity contribution in [1.29, 1.82) is 0 Å². The van der Waals surface area contributed by atoms with Gasteiger partial charge in [0.05, 0.1) is 20.3 Å². The van der Waals surface area contributed by atoms with Gasteiger partial charge in [-0.1, -0.05) is 6.92 Å². The van der Waals surface area contributed by atoms with Gasteiger partial charge in [0, 0.05) is 26.2 Å². The van der Waals surface area contributed by atoms with Crippen molar-refractivity contribution in [3.8, 4) is 0 Å². The van der Waals surface area contributed by atoms with E-state index in [1.807, 2.05) is 0 Å². The van der Waals surface area contributed by atoms with Crippen molar-refractivity contribution in [1.82, 2.24) is 25.5 Å². The van der Waals surface area contributed by atoms with Crippen LogP contribution in [0, 0.1) is 0 Å². The monoisotopic (exact) mass is 271 g/mol. The molecule has 7 nitrogen and oxygen atoms in total. The average molecular weight is 271 g/mol. The molecule has 0 bridgehead atoms. The molecule has 0 aliphatic rings. The van der Waals surface area contributed by atoms with Gasteiger partial charge in [0.2, 0.25) is 0 Å². The van der Waals surface area contributed by atoms with E-state index in [2.05, 4.69) is 27.7 Å². The highest BCUT2D eigenvalue weighted by Gasteiger charge is 2.12. The maximum Gasteiger partial charge on any atom is 0.176 e. The number of nitrogens with one attached hydrogen (secondary N) is 1. The maximum atomic E-state index is 5.50. The van der Waals surface area contributed by atoms with E-state index in [1.165, 1.54) is 4.80 Å². The van der Waals surface area contributed by atoms with E-state index in [-0.39, 0.29) is 0 Å². The summed E-state index contributed by atoms with van der Waals surface area (Å²) in [6.07, 6.45) is 2.82. The van der Waals surface area contributed by atoms with Crippen LogP contribution in [0.5, 0.6) is 0 Å². The Morgan fingerprint density at radius 3 is 2.79 bits per heavy atom. The van der Waals surface area contributed by atoms with Gasteiger partial charge in [-0.05, 0) is 24.6 Å². The quantitative estimate of drug-likeness (QED) is 0.579. The Bertz CT molecular complexity index is 332. The first-order chi connectivity index (χ1) is 9.26. The SMILES string of the molecule is CCCNC(CCOCCOC)Cc1nnn(C)n1. The standard InChI is InChI=1S/C12H25N5O2/c1-4-6-13-11(5-7-19-9-8-18-3)10-12-14-16-17(2)15-12/h11,13H,4-10H2,1-3H3. The first kappa shape index (κ1) is 16.0. The number of methoxy groups -OCH3 is 1. The lowest BCUT2D eigenvalue weighted by Crippen LogP contribution is -2.33. The van der Waals surface area contributed by atoms with E-state index in [4.69, 9.17) is 9.47 Å². The van der Waals surface area contributed by atoms with Crippen LogP contribution in [-0.4, -0.2) is 59.7 Å². The van der Waals surface area contributed by atoms with Gasteiger partial charge in [-0.25, -0.2) is 0 Å². The molecule has 0 aliphatic carbocycles. The summed E-state index contributed by atoms with van der Waals surface area (Å²) in [6, 6.07) is 0.326. The Balaban J connectivity index is 2.29. The molecular formula is C12H25N5O2. The van der Waals surface area contributed by atoms with Gasteiger partial charge >= 0.3 is 0 Å². The van der Waals surface area contributed by atoms with Gasteiger partial charge in [0.15, 0.2) is 5.82 Å². The molecule has 7 heteroatoms. The Kier molecular flexibility index (Phi) is 8.28. The summed E-state index contributed by atoms with van der Waals surface area (Å²) in [4.78, 5) is 1.49. The largest absolute Gasteiger partial charge is 0.382 e. The fourth-order valence-electron chi connectivity index (χ4n) is 1.72. The topological polar surface area (TPSA) is 74.1 Å². The third-order valence-electron chi connectivity index (χ3n) is 2.70. The van der Waals surface area contributed by atoms with Crippen LogP contribution in [-0.2, 0) is 22.9 Å². The van der Waals surface area contributed by atoms with Crippen molar-refractivity contribution >= 4 is 0 Å². The van der Waals surface area contributed by atoms with E-state index in [9.17, 15) is 0 Å². The van der Waals surface area contributed by atoms with E-state index < -0.39 is 0 Å².